The summed E-state index contributed by atoms with van der Waals surface area (Å²) in [5.41, 5.74) is -3.15. The van der Waals surface area contributed by atoms with Crippen LogP contribution in [0, 0.1) is 17.8 Å². The minimum absolute atomic E-state index is 0.0315. The molecule has 0 aromatic heterocycles. The van der Waals surface area contributed by atoms with Crippen LogP contribution in [0.25, 0.3) is 0 Å². The maximum Gasteiger partial charge on any atom is 0.426 e. The maximum atomic E-state index is 14.9. The Morgan fingerprint density at radius 1 is 0.951 bits per heavy atom. The molecule has 220 valence electrons. The quantitative estimate of drug-likeness (QED) is 0.408. The Hall–Kier alpha value is -3.10. The van der Waals surface area contributed by atoms with Crippen LogP contribution in [0.2, 0.25) is 0 Å². The second-order valence-electron chi connectivity index (χ2n) is 13.0. The first kappa shape index (κ1) is 28.0. The lowest BCUT2D eigenvalue weighted by atomic mass is 9.53. The zero-order valence-corrected chi connectivity index (χ0v) is 23.3. The third kappa shape index (κ3) is 4.16. The lowest BCUT2D eigenvalue weighted by Crippen LogP contribution is -2.58. The van der Waals surface area contributed by atoms with Crippen molar-refractivity contribution in [1.29, 1.82) is 0 Å². The van der Waals surface area contributed by atoms with Crippen molar-refractivity contribution in [1.82, 2.24) is 4.90 Å². The number of aliphatic carboxylic acids is 1. The van der Waals surface area contributed by atoms with E-state index in [1.54, 1.807) is 6.07 Å². The highest BCUT2D eigenvalue weighted by molar-refractivity contribution is 5.86. The van der Waals surface area contributed by atoms with Gasteiger partial charge in [0.25, 0.3) is 0 Å². The number of carboxylic acids is 1. The highest BCUT2D eigenvalue weighted by Gasteiger charge is 2.61. The van der Waals surface area contributed by atoms with Crippen molar-refractivity contribution in [3.63, 3.8) is 0 Å². The van der Waals surface area contributed by atoms with Gasteiger partial charge >= 0.3 is 12.1 Å². The van der Waals surface area contributed by atoms with Crippen molar-refractivity contribution in [3.05, 3.63) is 64.7 Å². The average molecular weight is 574 g/mol. The molecule has 1 saturated heterocycles. The molecular formula is C32H35F4NO4. The maximum absolute atomic E-state index is 14.9. The zero-order valence-electron chi connectivity index (χ0n) is 23.3. The van der Waals surface area contributed by atoms with Gasteiger partial charge in [0.2, 0.25) is 11.6 Å². The Labute approximate surface area is 236 Å². The summed E-state index contributed by atoms with van der Waals surface area (Å²) in [6, 6.07) is 11.7. The van der Waals surface area contributed by atoms with Crippen LogP contribution < -0.4 is 4.74 Å². The van der Waals surface area contributed by atoms with E-state index in [2.05, 4.69) is 0 Å². The first-order valence-electron chi connectivity index (χ1n) is 14.4. The number of ether oxygens (including phenoxy) is 1. The first-order chi connectivity index (χ1) is 19.2. The van der Waals surface area contributed by atoms with Crippen molar-refractivity contribution in [2.45, 2.75) is 88.5 Å². The number of carboxylic acid groups (broad SMARTS) is 1. The zero-order chi connectivity index (χ0) is 29.4. The van der Waals surface area contributed by atoms with Gasteiger partial charge in [0.1, 0.15) is 12.4 Å². The van der Waals surface area contributed by atoms with E-state index in [4.69, 9.17) is 4.74 Å². The normalized spacial score (nSPS) is 32.0. The van der Waals surface area contributed by atoms with E-state index in [0.29, 0.717) is 70.4 Å². The van der Waals surface area contributed by atoms with Gasteiger partial charge in [-0.3, -0.25) is 9.59 Å². The van der Waals surface area contributed by atoms with Crippen LogP contribution in [-0.4, -0.2) is 47.3 Å². The van der Waals surface area contributed by atoms with Crippen LogP contribution in [0.15, 0.2) is 42.5 Å². The van der Waals surface area contributed by atoms with Crippen molar-refractivity contribution in [2.75, 3.05) is 13.2 Å². The summed E-state index contributed by atoms with van der Waals surface area (Å²) in [6.07, 6.45) is -0.836. The molecule has 7 rings (SSSR count). The highest BCUT2D eigenvalue weighted by Crippen LogP contribution is 2.59. The van der Waals surface area contributed by atoms with Gasteiger partial charge in [-0.1, -0.05) is 42.0 Å². The van der Waals surface area contributed by atoms with Crippen molar-refractivity contribution >= 4 is 11.9 Å². The smallest absolute Gasteiger partial charge is 0.426 e. The fraction of sp³-hybridized carbons (Fsp3) is 0.562. The van der Waals surface area contributed by atoms with Crippen LogP contribution >= 0.6 is 0 Å². The molecule has 1 amide bonds. The van der Waals surface area contributed by atoms with E-state index in [9.17, 15) is 32.3 Å². The van der Waals surface area contributed by atoms with E-state index in [-0.39, 0.29) is 24.3 Å². The molecule has 9 heteroatoms. The van der Waals surface area contributed by atoms with Crippen LogP contribution in [0.1, 0.15) is 74.1 Å². The molecule has 5 nitrogen and oxygen atoms in total. The molecule has 0 radical (unpaired) electrons. The van der Waals surface area contributed by atoms with E-state index in [0.717, 1.165) is 11.1 Å². The number of likely N-dealkylation sites (tertiary alicyclic amines) is 1. The predicted octanol–water partition coefficient (Wildman–Crippen LogP) is 6.64. The Morgan fingerprint density at radius 3 is 2.15 bits per heavy atom. The topological polar surface area (TPSA) is 66.8 Å². The number of aryl methyl sites for hydroxylation is 1. The number of alkyl halides is 4. The molecule has 2 bridgehead atoms. The summed E-state index contributed by atoms with van der Waals surface area (Å²) in [5.74, 6) is -0.514. The molecule has 5 aliphatic rings. The summed E-state index contributed by atoms with van der Waals surface area (Å²) in [5, 5.41) is 9.80. The van der Waals surface area contributed by atoms with Crippen molar-refractivity contribution in [2.24, 2.45) is 10.8 Å². The number of carbonyl (C=O) groups excluding carboxylic acids is 1. The fourth-order valence-corrected chi connectivity index (χ4v) is 7.93. The number of nitrogens with zero attached hydrogens (tertiary/aromatic N) is 1. The van der Waals surface area contributed by atoms with Gasteiger partial charge < -0.3 is 14.7 Å². The molecule has 0 spiro atoms. The van der Waals surface area contributed by atoms with Gasteiger partial charge in [-0.2, -0.15) is 13.2 Å². The van der Waals surface area contributed by atoms with Gasteiger partial charge in [0, 0.05) is 28.5 Å². The molecule has 41 heavy (non-hydrogen) atoms. The van der Waals surface area contributed by atoms with Gasteiger partial charge in [-0.05, 0) is 76.8 Å². The molecule has 4 fully saturated rings. The van der Waals surface area contributed by atoms with Crippen LogP contribution in [0.4, 0.5) is 17.6 Å². The summed E-state index contributed by atoms with van der Waals surface area (Å²) in [7, 11) is 0. The minimum Gasteiger partial charge on any atom is -0.491 e. The van der Waals surface area contributed by atoms with E-state index >= 15 is 0 Å². The lowest BCUT2D eigenvalue weighted by Gasteiger charge is -2.52. The summed E-state index contributed by atoms with van der Waals surface area (Å²) in [4.78, 5) is 28.2. The standard InChI is InChI=1S/C32H35F4NO4/c1-20-3-5-21(6-4-20)18-31-15-16-37(26(38)29-9-12-30(13-10-29,14-11-29)27(39)40)25(31)19-41-24-17-22(7-8-23(24)31)28(2,33)32(34,35)36/h3-8,17,25H,9-16,18-19H2,1-2H3,(H,39,40). The van der Waals surface area contributed by atoms with Crippen LogP contribution in [0.3, 0.4) is 0 Å². The molecule has 2 heterocycles. The second kappa shape index (κ2) is 9.20. The second-order valence-corrected chi connectivity index (χ2v) is 13.0. The Balaban J connectivity index is 1.37. The van der Waals surface area contributed by atoms with E-state index < -0.39 is 39.6 Å². The van der Waals surface area contributed by atoms with Crippen LogP contribution in [-0.2, 0) is 27.1 Å². The largest absolute Gasteiger partial charge is 0.491 e. The first-order valence-corrected chi connectivity index (χ1v) is 14.4. The number of hydrogen-bond donors (Lipinski definition) is 1. The fourth-order valence-electron chi connectivity index (χ4n) is 7.93. The van der Waals surface area contributed by atoms with E-state index in [1.165, 1.54) is 12.1 Å². The molecule has 2 aliphatic heterocycles. The van der Waals surface area contributed by atoms with Gasteiger partial charge in [-0.25, -0.2) is 4.39 Å². The molecule has 3 unspecified atom stereocenters. The molecule has 3 aliphatic carbocycles. The Kier molecular flexibility index (Phi) is 6.29. The molecule has 3 saturated carbocycles. The van der Waals surface area contributed by atoms with Crippen molar-refractivity contribution < 1.29 is 37.0 Å². The van der Waals surface area contributed by atoms with E-state index in [1.807, 2.05) is 36.1 Å². The number of halogens is 4. The van der Waals surface area contributed by atoms with Crippen LogP contribution in [0.5, 0.6) is 5.75 Å². The monoisotopic (exact) mass is 573 g/mol. The van der Waals surface area contributed by atoms with Gasteiger partial charge in [-0.15, -0.1) is 0 Å². The van der Waals surface area contributed by atoms with Gasteiger partial charge in [0.05, 0.1) is 11.5 Å². The number of amides is 1. The summed E-state index contributed by atoms with van der Waals surface area (Å²) >= 11 is 0. The molecular weight excluding hydrogens is 538 g/mol. The number of rotatable bonds is 5. The lowest BCUT2D eigenvalue weighted by molar-refractivity contribution is -0.228. The number of benzene rings is 2. The van der Waals surface area contributed by atoms with Gasteiger partial charge in [0.15, 0.2) is 0 Å². The summed E-state index contributed by atoms with van der Waals surface area (Å²) < 4.78 is 61.5. The average Bonchev–Trinajstić information content (AvgIpc) is 3.33. The Bertz CT molecular complexity index is 1360. The third-order valence-corrected chi connectivity index (χ3v) is 10.9. The van der Waals surface area contributed by atoms with Crippen molar-refractivity contribution in [3.8, 4) is 5.75 Å². The molecule has 3 atom stereocenters. The summed E-state index contributed by atoms with van der Waals surface area (Å²) in [6.45, 7) is 3.08. The molecule has 1 N–H and O–H groups in total. The molecule has 2 aromatic carbocycles. The number of fused-ring (bicyclic) bond motifs is 6. The minimum atomic E-state index is -5.08. The predicted molar refractivity (Wildman–Crippen MR) is 143 cm³/mol. The third-order valence-electron chi connectivity index (χ3n) is 10.9. The highest BCUT2D eigenvalue weighted by atomic mass is 19.4. The number of carbonyl (C=O) groups is 2. The SMILES string of the molecule is Cc1ccc(CC23CCN(C(=O)C45CCC(C(=O)O)(CC4)CC5)C2COc2cc(C(C)(F)C(F)(F)F)ccc23)cc1. The Morgan fingerprint density at radius 2 is 1.56 bits per heavy atom. The number of hydrogen-bond acceptors (Lipinski definition) is 3. The molecule has 2 aromatic rings.